The summed E-state index contributed by atoms with van der Waals surface area (Å²) in [5.74, 6) is 0.222. The monoisotopic (exact) mass is 487 g/mol. The van der Waals surface area contributed by atoms with Crippen molar-refractivity contribution in [2.75, 3.05) is 27.3 Å². The third-order valence-corrected chi connectivity index (χ3v) is 4.81. The number of amides is 2. The first-order valence-electron chi connectivity index (χ1n) is 11.0. The predicted molar refractivity (Wildman–Crippen MR) is 129 cm³/mol. The second-order valence-corrected chi connectivity index (χ2v) is 8.99. The van der Waals surface area contributed by atoms with E-state index in [1.807, 2.05) is 34.6 Å². The number of likely N-dealkylation sites (N-methyl/N-ethyl adjacent to an activating group) is 1. The van der Waals surface area contributed by atoms with Crippen LogP contribution in [0.2, 0.25) is 0 Å². The molecule has 0 spiro atoms. The Labute approximate surface area is 205 Å². The molecule has 2 rings (SSSR count). The van der Waals surface area contributed by atoms with Crippen molar-refractivity contribution in [1.82, 2.24) is 15.4 Å². The maximum atomic E-state index is 12.1. The quantitative estimate of drug-likeness (QED) is 0.401. The number of ether oxygens (including phenoxy) is 3. The summed E-state index contributed by atoms with van der Waals surface area (Å²) in [5, 5.41) is 6.67. The molecule has 0 atom stereocenters. The van der Waals surface area contributed by atoms with Crippen LogP contribution >= 0.6 is 0 Å². The van der Waals surface area contributed by atoms with Crippen molar-refractivity contribution in [2.45, 2.75) is 46.8 Å². The number of carbonyl (C=O) groups is 3. The van der Waals surface area contributed by atoms with Crippen LogP contribution < -0.4 is 14.8 Å². The Morgan fingerprint density at radius 1 is 1.17 bits per heavy atom. The SMILES string of the molecule is COc1cc(/C=C/C(=O)OCC(=O)N(C)CC(=O)NC(C)(C)C)ccc1OCc1c(C)noc1C. The van der Waals surface area contributed by atoms with Crippen LogP contribution in [0.5, 0.6) is 11.5 Å². The first kappa shape index (κ1) is 27.4. The number of nitrogens with one attached hydrogen (secondary N) is 1. The molecule has 1 aromatic heterocycles. The lowest BCUT2D eigenvalue weighted by atomic mass is 10.1. The minimum atomic E-state index is -0.691. The molecule has 1 aromatic carbocycles. The molecule has 2 amide bonds. The number of esters is 1. The van der Waals surface area contributed by atoms with Crippen LogP contribution in [0, 0.1) is 13.8 Å². The topological polar surface area (TPSA) is 120 Å². The van der Waals surface area contributed by atoms with Gasteiger partial charge in [0.1, 0.15) is 12.4 Å². The Morgan fingerprint density at radius 3 is 2.49 bits per heavy atom. The standard InChI is InChI=1S/C25H33N3O7/c1-16-19(17(2)35-27-16)14-33-20-10-8-18(12-21(20)32-7)9-11-24(31)34-15-23(30)28(6)13-22(29)26-25(3,4)5/h8-12H,13-15H2,1-7H3,(H,26,29)/b11-9+. The Kier molecular flexibility index (Phi) is 9.44. The molecule has 0 saturated heterocycles. The zero-order valence-electron chi connectivity index (χ0n) is 21.3. The van der Waals surface area contributed by atoms with Crippen LogP contribution in [0.15, 0.2) is 28.8 Å². The highest BCUT2D eigenvalue weighted by Gasteiger charge is 2.18. The predicted octanol–water partition coefficient (Wildman–Crippen LogP) is 2.81. The zero-order chi connectivity index (χ0) is 26.2. The Balaban J connectivity index is 1.88. The van der Waals surface area contributed by atoms with Crippen molar-refractivity contribution in [3.8, 4) is 11.5 Å². The smallest absolute Gasteiger partial charge is 0.331 e. The first-order valence-corrected chi connectivity index (χ1v) is 11.0. The number of aromatic nitrogens is 1. The van der Waals surface area contributed by atoms with Crippen LogP contribution in [0.25, 0.3) is 6.08 Å². The fraction of sp³-hybridized carbons (Fsp3) is 0.440. The molecule has 0 radical (unpaired) electrons. The third kappa shape index (κ3) is 8.80. The largest absolute Gasteiger partial charge is 0.493 e. The minimum absolute atomic E-state index is 0.131. The normalized spacial score (nSPS) is 11.3. The van der Waals surface area contributed by atoms with Crippen molar-refractivity contribution in [1.29, 1.82) is 0 Å². The molecular weight excluding hydrogens is 454 g/mol. The first-order chi connectivity index (χ1) is 16.4. The summed E-state index contributed by atoms with van der Waals surface area (Å²) in [5.41, 5.74) is 1.90. The van der Waals surface area contributed by atoms with Gasteiger partial charge in [0.05, 0.1) is 24.9 Å². The fourth-order valence-corrected chi connectivity index (χ4v) is 2.98. The lowest BCUT2D eigenvalue weighted by Gasteiger charge is -2.23. The summed E-state index contributed by atoms with van der Waals surface area (Å²) >= 11 is 0. The molecule has 190 valence electrons. The highest BCUT2D eigenvalue weighted by atomic mass is 16.5. The fourth-order valence-electron chi connectivity index (χ4n) is 2.98. The molecule has 0 aliphatic rings. The number of hydrogen-bond donors (Lipinski definition) is 1. The van der Waals surface area contributed by atoms with Crippen LogP contribution in [0.3, 0.4) is 0 Å². The Hall–Kier alpha value is -3.82. The van der Waals surface area contributed by atoms with Crippen LogP contribution in [0.4, 0.5) is 0 Å². The summed E-state index contributed by atoms with van der Waals surface area (Å²) in [6.07, 6.45) is 2.74. The molecule has 0 aliphatic carbocycles. The molecule has 1 N–H and O–H groups in total. The van der Waals surface area contributed by atoms with Crippen molar-refractivity contribution in [3.63, 3.8) is 0 Å². The van der Waals surface area contributed by atoms with Gasteiger partial charge >= 0.3 is 5.97 Å². The van der Waals surface area contributed by atoms with Crippen molar-refractivity contribution >= 4 is 23.9 Å². The van der Waals surface area contributed by atoms with E-state index in [1.165, 1.54) is 31.2 Å². The van der Waals surface area contributed by atoms with E-state index in [0.717, 1.165) is 11.3 Å². The molecule has 2 aromatic rings. The van der Waals surface area contributed by atoms with Crippen molar-refractivity contribution in [2.24, 2.45) is 0 Å². The lowest BCUT2D eigenvalue weighted by molar-refractivity contribution is -0.148. The maximum absolute atomic E-state index is 12.1. The van der Waals surface area contributed by atoms with E-state index in [1.54, 1.807) is 18.2 Å². The number of methoxy groups -OCH3 is 1. The average Bonchev–Trinajstić information content (AvgIpc) is 3.10. The molecule has 35 heavy (non-hydrogen) atoms. The van der Waals surface area contributed by atoms with E-state index in [-0.39, 0.29) is 19.1 Å². The van der Waals surface area contributed by atoms with Gasteiger partial charge in [-0.1, -0.05) is 11.2 Å². The van der Waals surface area contributed by atoms with Gasteiger partial charge < -0.3 is 29.0 Å². The minimum Gasteiger partial charge on any atom is -0.493 e. The van der Waals surface area contributed by atoms with Gasteiger partial charge in [0.2, 0.25) is 5.91 Å². The number of benzene rings is 1. The van der Waals surface area contributed by atoms with Crippen molar-refractivity contribution < 1.29 is 33.1 Å². The van der Waals surface area contributed by atoms with E-state index >= 15 is 0 Å². The maximum Gasteiger partial charge on any atom is 0.331 e. The zero-order valence-corrected chi connectivity index (χ0v) is 21.3. The average molecular weight is 488 g/mol. The number of hydrogen-bond acceptors (Lipinski definition) is 8. The van der Waals surface area contributed by atoms with E-state index < -0.39 is 24.0 Å². The summed E-state index contributed by atoms with van der Waals surface area (Å²) in [6.45, 7) is 8.87. The van der Waals surface area contributed by atoms with Crippen LogP contribution in [-0.2, 0) is 25.7 Å². The molecule has 0 aliphatic heterocycles. The van der Waals surface area contributed by atoms with E-state index in [4.69, 9.17) is 18.7 Å². The van der Waals surface area contributed by atoms with Gasteiger partial charge in [-0.2, -0.15) is 0 Å². The highest BCUT2D eigenvalue weighted by molar-refractivity contribution is 5.90. The van der Waals surface area contributed by atoms with Gasteiger partial charge in [-0.15, -0.1) is 0 Å². The lowest BCUT2D eigenvalue weighted by Crippen LogP contribution is -2.46. The highest BCUT2D eigenvalue weighted by Crippen LogP contribution is 2.30. The number of aryl methyl sites for hydroxylation is 2. The van der Waals surface area contributed by atoms with E-state index in [9.17, 15) is 14.4 Å². The summed E-state index contributed by atoms with van der Waals surface area (Å²) in [6, 6.07) is 5.18. The summed E-state index contributed by atoms with van der Waals surface area (Å²) in [4.78, 5) is 37.3. The molecule has 10 nitrogen and oxygen atoms in total. The molecule has 0 saturated carbocycles. The Bertz CT molecular complexity index is 1060. The molecule has 0 unspecified atom stereocenters. The van der Waals surface area contributed by atoms with Gasteiger partial charge in [0, 0.05) is 18.7 Å². The van der Waals surface area contributed by atoms with Gasteiger partial charge in [-0.05, 0) is 58.4 Å². The number of carbonyl (C=O) groups excluding carboxylic acids is 3. The van der Waals surface area contributed by atoms with Gasteiger partial charge in [-0.3, -0.25) is 9.59 Å². The second-order valence-electron chi connectivity index (χ2n) is 8.99. The van der Waals surface area contributed by atoms with Gasteiger partial charge in [-0.25, -0.2) is 4.79 Å². The molecule has 1 heterocycles. The molecular formula is C25H33N3O7. The Morgan fingerprint density at radius 2 is 1.89 bits per heavy atom. The molecule has 0 bridgehead atoms. The third-order valence-electron chi connectivity index (χ3n) is 4.81. The van der Waals surface area contributed by atoms with E-state index in [2.05, 4.69) is 10.5 Å². The van der Waals surface area contributed by atoms with Crippen molar-refractivity contribution in [3.05, 3.63) is 46.9 Å². The summed E-state index contributed by atoms with van der Waals surface area (Å²) in [7, 11) is 2.99. The van der Waals surface area contributed by atoms with Gasteiger partial charge in [0.15, 0.2) is 18.1 Å². The summed E-state index contributed by atoms with van der Waals surface area (Å²) < 4.78 is 21.4. The van der Waals surface area contributed by atoms with Crippen LogP contribution in [-0.4, -0.2) is 60.7 Å². The molecule has 10 heteroatoms. The van der Waals surface area contributed by atoms with E-state index in [0.29, 0.717) is 22.8 Å². The number of rotatable bonds is 10. The number of nitrogens with zero attached hydrogens (tertiary/aromatic N) is 2. The molecule has 0 fully saturated rings. The van der Waals surface area contributed by atoms with Crippen LogP contribution in [0.1, 0.15) is 43.4 Å². The second kappa shape index (κ2) is 12.0. The van der Waals surface area contributed by atoms with Gasteiger partial charge in [0.25, 0.3) is 5.91 Å².